The van der Waals surface area contributed by atoms with E-state index in [1.165, 1.54) is 5.56 Å². The van der Waals surface area contributed by atoms with Gasteiger partial charge in [-0.15, -0.1) is 0 Å². The molecule has 0 amide bonds. The number of imidazole rings is 1. The second-order valence-corrected chi connectivity index (χ2v) is 16.1. The van der Waals surface area contributed by atoms with Gasteiger partial charge in [-0.05, 0) is 61.1 Å². The summed E-state index contributed by atoms with van der Waals surface area (Å²) in [6, 6.07) is 18.3. The molecule has 6 nitrogen and oxygen atoms in total. The van der Waals surface area contributed by atoms with Crippen LogP contribution in [0.1, 0.15) is 35.7 Å². The first-order valence-electron chi connectivity index (χ1n) is 13.7. The molecule has 2 heterocycles. The fourth-order valence-corrected chi connectivity index (χ4v) is 5.54. The molecule has 7 heteroatoms. The van der Waals surface area contributed by atoms with Crippen LogP contribution in [-0.4, -0.2) is 63.2 Å². The van der Waals surface area contributed by atoms with Crippen LogP contribution >= 0.6 is 10.0 Å². The molecule has 2 atom stereocenters. The fourth-order valence-electron chi connectivity index (χ4n) is 4.92. The maximum atomic E-state index is 12.8. The van der Waals surface area contributed by atoms with Gasteiger partial charge >= 0.3 is 0 Å². The Balaban J connectivity index is 1.52. The Bertz CT molecular complexity index is 1460. The molecule has 1 aliphatic carbocycles. The van der Waals surface area contributed by atoms with Crippen LogP contribution in [0.4, 0.5) is 0 Å². The molecule has 2 unspecified atom stereocenters. The minimum absolute atomic E-state index is 0.165. The highest BCUT2D eigenvalue weighted by atomic mass is 32.3. The summed E-state index contributed by atoms with van der Waals surface area (Å²) < 4.78 is 8.22. The van der Waals surface area contributed by atoms with E-state index >= 15 is 0 Å². The standard InChI is InChI=1S/C32H39N3O3S/c1-22-19-28(22)30(37)24-10-12-25(13-11-24)31-34-29-27(26-9-5-7-23(20-26)8-6-16-36)14-15-33-32(29)35(31)21-38-17-18-39(2,3)4/h5,7,9-15,20,22,28,36H,6,8,16-19,21H2,1-4H3. The van der Waals surface area contributed by atoms with Crippen LogP contribution in [0.3, 0.4) is 0 Å². The maximum Gasteiger partial charge on any atom is 0.166 e. The van der Waals surface area contributed by atoms with E-state index < -0.39 is 10.0 Å². The Morgan fingerprint density at radius 1 is 1.10 bits per heavy atom. The van der Waals surface area contributed by atoms with Gasteiger partial charge in [0.15, 0.2) is 11.4 Å². The Hall–Kier alpha value is -3.00. The summed E-state index contributed by atoms with van der Waals surface area (Å²) in [4.78, 5) is 22.6. The molecular weight excluding hydrogens is 506 g/mol. The van der Waals surface area contributed by atoms with Gasteiger partial charge in [0, 0.05) is 41.2 Å². The number of aryl methyl sites for hydroxylation is 1. The van der Waals surface area contributed by atoms with E-state index in [2.05, 4.69) is 50.0 Å². The molecule has 2 aromatic carbocycles. The Morgan fingerprint density at radius 3 is 2.56 bits per heavy atom. The number of hydrogen-bond acceptors (Lipinski definition) is 5. The minimum atomic E-state index is -0.656. The summed E-state index contributed by atoms with van der Waals surface area (Å²) in [5, 5.41) is 9.27. The van der Waals surface area contributed by atoms with Crippen molar-refractivity contribution in [2.24, 2.45) is 11.8 Å². The van der Waals surface area contributed by atoms with Crippen molar-refractivity contribution in [3.8, 4) is 22.5 Å². The van der Waals surface area contributed by atoms with Crippen LogP contribution in [0.15, 0.2) is 60.8 Å². The highest BCUT2D eigenvalue weighted by Crippen LogP contribution is 2.40. The van der Waals surface area contributed by atoms with E-state index in [1.807, 2.05) is 41.1 Å². The predicted octanol–water partition coefficient (Wildman–Crippen LogP) is 6.20. The molecule has 2 aromatic heterocycles. The van der Waals surface area contributed by atoms with Crippen molar-refractivity contribution in [1.29, 1.82) is 0 Å². The summed E-state index contributed by atoms with van der Waals surface area (Å²) in [5.41, 5.74) is 6.57. The highest BCUT2D eigenvalue weighted by molar-refractivity contribution is 8.32. The largest absolute Gasteiger partial charge is 0.396 e. The first-order chi connectivity index (χ1) is 18.7. The number of pyridine rings is 1. The number of ketones is 1. The number of ether oxygens (including phenoxy) is 1. The van der Waals surface area contributed by atoms with Crippen molar-refractivity contribution < 1.29 is 14.6 Å². The van der Waals surface area contributed by atoms with Gasteiger partial charge < -0.3 is 9.84 Å². The zero-order valence-electron chi connectivity index (χ0n) is 23.4. The van der Waals surface area contributed by atoms with E-state index in [0.29, 0.717) is 19.3 Å². The second-order valence-electron chi connectivity index (χ2n) is 11.5. The van der Waals surface area contributed by atoms with Crippen LogP contribution in [0.2, 0.25) is 0 Å². The quantitative estimate of drug-likeness (QED) is 0.170. The van der Waals surface area contributed by atoms with Crippen LogP contribution < -0.4 is 0 Å². The molecule has 5 rings (SSSR count). The molecule has 1 saturated carbocycles. The smallest absolute Gasteiger partial charge is 0.166 e. The van der Waals surface area contributed by atoms with Gasteiger partial charge in [0.2, 0.25) is 0 Å². The Labute approximate surface area is 232 Å². The van der Waals surface area contributed by atoms with Crippen LogP contribution in [0.5, 0.6) is 0 Å². The number of Topliss-reactive ketones (excluding diaryl/α,β-unsaturated/α-hetero) is 1. The summed E-state index contributed by atoms with van der Waals surface area (Å²) >= 11 is 0. The normalized spacial score (nSPS) is 17.5. The number of hydrogen-bond donors (Lipinski definition) is 1. The van der Waals surface area contributed by atoms with Gasteiger partial charge in [0.1, 0.15) is 18.1 Å². The minimum Gasteiger partial charge on any atom is -0.396 e. The fraction of sp³-hybridized carbons (Fsp3) is 0.406. The van der Waals surface area contributed by atoms with Gasteiger partial charge in [-0.2, -0.15) is 0 Å². The number of aliphatic hydroxyl groups is 1. The molecule has 1 aliphatic rings. The summed E-state index contributed by atoms with van der Waals surface area (Å²) in [5.74, 6) is 2.70. The van der Waals surface area contributed by atoms with Gasteiger partial charge in [-0.25, -0.2) is 20.0 Å². The molecule has 0 bridgehead atoms. The maximum absolute atomic E-state index is 12.8. The van der Waals surface area contributed by atoms with E-state index in [1.54, 1.807) is 0 Å². The summed E-state index contributed by atoms with van der Waals surface area (Å²) in [6.45, 7) is 3.35. The van der Waals surface area contributed by atoms with Crippen LogP contribution in [-0.2, 0) is 17.9 Å². The van der Waals surface area contributed by atoms with Crippen molar-refractivity contribution in [2.45, 2.75) is 32.9 Å². The average Bonchev–Trinajstić information content (AvgIpc) is 3.54. The third-order valence-electron chi connectivity index (χ3n) is 7.43. The Kier molecular flexibility index (Phi) is 8.21. The highest BCUT2D eigenvalue weighted by Gasteiger charge is 2.39. The molecule has 4 aromatic rings. The first-order valence-corrected chi connectivity index (χ1v) is 16.7. The number of nitrogens with zero attached hydrogens (tertiary/aromatic N) is 3. The molecule has 0 spiro atoms. The monoisotopic (exact) mass is 545 g/mol. The number of benzene rings is 2. The molecule has 39 heavy (non-hydrogen) atoms. The van der Waals surface area contributed by atoms with E-state index in [9.17, 15) is 9.90 Å². The van der Waals surface area contributed by atoms with E-state index in [4.69, 9.17) is 14.7 Å². The number of aliphatic hydroxyl groups excluding tert-OH is 1. The topological polar surface area (TPSA) is 77.2 Å². The molecule has 0 aliphatic heterocycles. The zero-order chi connectivity index (χ0) is 27.6. The van der Waals surface area contributed by atoms with Gasteiger partial charge in [0.05, 0.1) is 6.61 Å². The predicted molar refractivity (Wildman–Crippen MR) is 162 cm³/mol. The van der Waals surface area contributed by atoms with Crippen molar-refractivity contribution in [3.63, 3.8) is 0 Å². The lowest BCUT2D eigenvalue weighted by Gasteiger charge is -2.24. The Morgan fingerprint density at radius 2 is 1.87 bits per heavy atom. The van der Waals surface area contributed by atoms with Gasteiger partial charge in [-0.1, -0.05) is 55.5 Å². The summed E-state index contributed by atoms with van der Waals surface area (Å²) in [6.07, 6.45) is 11.3. The number of aromatic nitrogens is 3. The number of fused-ring (bicyclic) bond motifs is 1. The molecule has 1 N–H and O–H groups in total. The van der Waals surface area contributed by atoms with Gasteiger partial charge in [-0.3, -0.25) is 9.36 Å². The SMILES string of the molecule is CC1CC1C(=O)c1ccc(-c2nc3c(-c4cccc(CCCO)c4)ccnc3n2COCCS(C)(C)C)cc1. The second kappa shape index (κ2) is 11.6. The number of rotatable bonds is 12. The van der Waals surface area contributed by atoms with E-state index in [0.717, 1.165) is 64.3 Å². The lowest BCUT2D eigenvalue weighted by molar-refractivity contribution is 0.0930. The number of carbonyl (C=O) groups is 1. The molecule has 1 fully saturated rings. The van der Waals surface area contributed by atoms with Crippen LogP contribution in [0.25, 0.3) is 33.7 Å². The third-order valence-corrected chi connectivity index (χ3v) is 8.82. The third kappa shape index (κ3) is 6.43. The molecule has 0 radical (unpaired) electrons. The molecule has 0 saturated heterocycles. The van der Waals surface area contributed by atoms with Crippen molar-refractivity contribution in [2.75, 3.05) is 37.7 Å². The first kappa shape index (κ1) is 27.6. The van der Waals surface area contributed by atoms with E-state index in [-0.39, 0.29) is 18.3 Å². The number of carbonyl (C=O) groups excluding carboxylic acids is 1. The summed E-state index contributed by atoms with van der Waals surface area (Å²) in [7, 11) is -0.656. The molecular formula is C32H39N3O3S. The van der Waals surface area contributed by atoms with Crippen LogP contribution in [0, 0.1) is 11.8 Å². The van der Waals surface area contributed by atoms with Gasteiger partial charge in [0.25, 0.3) is 0 Å². The zero-order valence-corrected chi connectivity index (χ0v) is 24.2. The van der Waals surface area contributed by atoms with Crippen molar-refractivity contribution in [1.82, 2.24) is 14.5 Å². The van der Waals surface area contributed by atoms with Crippen molar-refractivity contribution in [3.05, 3.63) is 71.9 Å². The van der Waals surface area contributed by atoms with Crippen molar-refractivity contribution >= 4 is 27.0 Å². The average molecular weight is 546 g/mol. The lowest BCUT2D eigenvalue weighted by atomic mass is 10.0. The lowest BCUT2D eigenvalue weighted by Crippen LogP contribution is -2.11. The molecule has 206 valence electrons.